The molecule has 152 valence electrons. The van der Waals surface area contributed by atoms with Crippen LogP contribution in [-0.2, 0) is 6.54 Å². The Morgan fingerprint density at radius 2 is 1.59 bits per heavy atom. The normalized spacial score (nSPS) is 14.2. The van der Waals surface area contributed by atoms with Gasteiger partial charge in [0.1, 0.15) is 0 Å². The number of benzene rings is 2. The Kier molecular flexibility index (Phi) is 6.07. The van der Waals surface area contributed by atoms with E-state index in [-0.39, 0.29) is 11.3 Å². The fourth-order valence-corrected chi connectivity index (χ4v) is 5.56. The number of fused-ring (bicyclic) bond motifs is 3. The molecule has 0 spiro atoms. The van der Waals surface area contributed by atoms with E-state index in [2.05, 4.69) is 96.1 Å². The molecule has 0 saturated heterocycles. The SMILES string of the molecule is CCCCn1c(SC2c3ccccc3-c3ccccc32)nnc1[C@H](CC)N(C)C. The van der Waals surface area contributed by atoms with Crippen molar-refractivity contribution < 1.29 is 0 Å². The first-order valence-electron chi connectivity index (χ1n) is 10.6. The maximum atomic E-state index is 4.68. The first-order chi connectivity index (χ1) is 14.2. The molecule has 0 radical (unpaired) electrons. The fourth-order valence-electron chi connectivity index (χ4n) is 4.28. The quantitative estimate of drug-likeness (QED) is 0.463. The van der Waals surface area contributed by atoms with Crippen LogP contribution in [0, 0.1) is 0 Å². The Morgan fingerprint density at radius 1 is 0.966 bits per heavy atom. The van der Waals surface area contributed by atoms with Gasteiger partial charge >= 0.3 is 0 Å². The molecule has 0 N–H and O–H groups in total. The summed E-state index contributed by atoms with van der Waals surface area (Å²) in [4.78, 5) is 2.25. The largest absolute Gasteiger partial charge is 0.305 e. The second-order valence-corrected chi connectivity index (χ2v) is 8.98. The summed E-state index contributed by atoms with van der Waals surface area (Å²) >= 11 is 1.84. The van der Waals surface area contributed by atoms with Crippen molar-refractivity contribution in [1.29, 1.82) is 0 Å². The van der Waals surface area contributed by atoms with E-state index in [9.17, 15) is 0 Å². The summed E-state index contributed by atoms with van der Waals surface area (Å²) < 4.78 is 2.37. The van der Waals surface area contributed by atoms with Gasteiger partial charge in [0.15, 0.2) is 11.0 Å². The number of rotatable bonds is 8. The molecular formula is C24H30N4S. The van der Waals surface area contributed by atoms with E-state index < -0.39 is 0 Å². The second-order valence-electron chi connectivity index (χ2n) is 7.91. The summed E-state index contributed by atoms with van der Waals surface area (Å²) in [5, 5.41) is 10.6. The van der Waals surface area contributed by atoms with E-state index in [1.807, 2.05) is 11.8 Å². The van der Waals surface area contributed by atoms with Crippen LogP contribution >= 0.6 is 11.8 Å². The molecule has 3 aromatic rings. The van der Waals surface area contributed by atoms with Crippen LogP contribution in [0.3, 0.4) is 0 Å². The fraction of sp³-hybridized carbons (Fsp3) is 0.417. The van der Waals surface area contributed by atoms with Crippen LogP contribution < -0.4 is 0 Å². The number of hydrogen-bond donors (Lipinski definition) is 0. The molecule has 0 saturated carbocycles. The van der Waals surface area contributed by atoms with Crippen molar-refractivity contribution in [2.24, 2.45) is 0 Å². The summed E-state index contributed by atoms with van der Waals surface area (Å²) in [6.07, 6.45) is 3.33. The van der Waals surface area contributed by atoms with E-state index in [1.165, 1.54) is 22.3 Å². The zero-order chi connectivity index (χ0) is 20.4. The molecule has 0 unspecified atom stereocenters. The van der Waals surface area contributed by atoms with E-state index >= 15 is 0 Å². The molecular weight excluding hydrogens is 376 g/mol. The predicted octanol–water partition coefficient (Wildman–Crippen LogP) is 5.95. The van der Waals surface area contributed by atoms with Crippen LogP contribution in [0.15, 0.2) is 53.7 Å². The lowest BCUT2D eigenvalue weighted by atomic mass is 10.1. The Bertz CT molecular complexity index is 933. The summed E-state index contributed by atoms with van der Waals surface area (Å²) in [5.74, 6) is 1.09. The smallest absolute Gasteiger partial charge is 0.192 e. The van der Waals surface area contributed by atoms with Gasteiger partial charge in [0, 0.05) is 6.54 Å². The first kappa shape index (κ1) is 20.2. The number of hydrogen-bond acceptors (Lipinski definition) is 4. The van der Waals surface area contributed by atoms with Gasteiger partial charge in [-0.3, -0.25) is 4.90 Å². The Hall–Kier alpha value is -2.11. The van der Waals surface area contributed by atoms with E-state index in [4.69, 9.17) is 0 Å². The standard InChI is InChI=1S/C24H30N4S/c1-5-7-16-28-23(21(6-2)27(3)4)25-26-24(28)29-22-19-14-10-8-12-17(19)18-13-9-11-15-20(18)22/h8-15,21-22H,5-7,16H2,1-4H3/t21-/m0/s1. The second kappa shape index (κ2) is 8.72. The monoisotopic (exact) mass is 406 g/mol. The predicted molar refractivity (Wildman–Crippen MR) is 121 cm³/mol. The van der Waals surface area contributed by atoms with Gasteiger partial charge in [0.2, 0.25) is 0 Å². The first-order valence-corrected chi connectivity index (χ1v) is 11.5. The summed E-state index contributed by atoms with van der Waals surface area (Å²) in [6.45, 7) is 5.44. The van der Waals surface area contributed by atoms with Crippen molar-refractivity contribution in [2.75, 3.05) is 14.1 Å². The van der Waals surface area contributed by atoms with Crippen molar-refractivity contribution >= 4 is 11.8 Å². The Labute approximate surface area is 178 Å². The molecule has 1 atom stereocenters. The Balaban J connectivity index is 1.74. The third-order valence-electron chi connectivity index (χ3n) is 5.79. The number of unbranched alkanes of at least 4 members (excludes halogenated alkanes) is 1. The van der Waals surface area contributed by atoms with Crippen LogP contribution in [0.5, 0.6) is 0 Å². The third kappa shape index (κ3) is 3.74. The summed E-state index contributed by atoms with van der Waals surface area (Å²) in [5.41, 5.74) is 5.45. The zero-order valence-corrected chi connectivity index (χ0v) is 18.6. The van der Waals surface area contributed by atoms with Gasteiger partial charge in [-0.2, -0.15) is 0 Å². The number of thioether (sulfide) groups is 1. The van der Waals surface area contributed by atoms with E-state index in [1.54, 1.807) is 0 Å². The Morgan fingerprint density at radius 3 is 2.14 bits per heavy atom. The van der Waals surface area contributed by atoms with Crippen molar-refractivity contribution in [2.45, 2.75) is 56.1 Å². The van der Waals surface area contributed by atoms with E-state index in [0.717, 1.165) is 36.8 Å². The minimum atomic E-state index is 0.263. The molecule has 0 aliphatic heterocycles. The van der Waals surface area contributed by atoms with Gasteiger partial charge in [-0.1, -0.05) is 80.6 Å². The van der Waals surface area contributed by atoms with Crippen LogP contribution in [0.1, 0.15) is 61.4 Å². The van der Waals surface area contributed by atoms with Crippen LogP contribution in [0.2, 0.25) is 0 Å². The van der Waals surface area contributed by atoms with Gasteiger partial charge in [-0.15, -0.1) is 10.2 Å². The maximum absolute atomic E-state index is 4.68. The molecule has 0 amide bonds. The lowest BCUT2D eigenvalue weighted by molar-refractivity contribution is 0.270. The highest BCUT2D eigenvalue weighted by molar-refractivity contribution is 7.99. The van der Waals surface area contributed by atoms with Gasteiger partial charge in [0.05, 0.1) is 11.3 Å². The highest BCUT2D eigenvalue weighted by Crippen LogP contribution is 2.51. The van der Waals surface area contributed by atoms with Crippen molar-refractivity contribution in [3.63, 3.8) is 0 Å². The van der Waals surface area contributed by atoms with Crippen molar-refractivity contribution in [3.8, 4) is 11.1 Å². The maximum Gasteiger partial charge on any atom is 0.192 e. The molecule has 5 heteroatoms. The van der Waals surface area contributed by atoms with Gasteiger partial charge in [-0.05, 0) is 49.2 Å². The lowest BCUT2D eigenvalue weighted by Crippen LogP contribution is -2.23. The molecule has 4 rings (SSSR count). The highest BCUT2D eigenvalue weighted by atomic mass is 32.2. The molecule has 29 heavy (non-hydrogen) atoms. The number of aromatic nitrogens is 3. The molecule has 1 aliphatic rings. The molecule has 1 aliphatic carbocycles. The molecule has 0 bridgehead atoms. The highest BCUT2D eigenvalue weighted by Gasteiger charge is 2.31. The van der Waals surface area contributed by atoms with Crippen molar-refractivity contribution in [1.82, 2.24) is 19.7 Å². The average Bonchev–Trinajstić information content (AvgIpc) is 3.27. The minimum Gasteiger partial charge on any atom is -0.305 e. The zero-order valence-electron chi connectivity index (χ0n) is 17.8. The minimum absolute atomic E-state index is 0.263. The summed E-state index contributed by atoms with van der Waals surface area (Å²) in [6, 6.07) is 17.8. The van der Waals surface area contributed by atoms with Crippen LogP contribution in [0.4, 0.5) is 0 Å². The molecule has 2 aromatic carbocycles. The summed E-state index contributed by atoms with van der Waals surface area (Å²) in [7, 11) is 4.26. The topological polar surface area (TPSA) is 34.0 Å². The molecule has 0 fully saturated rings. The van der Waals surface area contributed by atoms with Gasteiger partial charge in [-0.25, -0.2) is 0 Å². The third-order valence-corrected chi connectivity index (χ3v) is 7.05. The van der Waals surface area contributed by atoms with Gasteiger partial charge in [0.25, 0.3) is 0 Å². The number of nitrogens with zero attached hydrogens (tertiary/aromatic N) is 4. The van der Waals surface area contributed by atoms with E-state index in [0.29, 0.717) is 0 Å². The van der Waals surface area contributed by atoms with Crippen molar-refractivity contribution in [3.05, 3.63) is 65.5 Å². The molecule has 1 aromatic heterocycles. The van der Waals surface area contributed by atoms with Crippen LogP contribution in [-0.4, -0.2) is 33.8 Å². The van der Waals surface area contributed by atoms with Crippen LogP contribution in [0.25, 0.3) is 11.1 Å². The lowest BCUT2D eigenvalue weighted by Gasteiger charge is -2.23. The molecule has 1 heterocycles. The molecule has 4 nitrogen and oxygen atoms in total. The van der Waals surface area contributed by atoms with Gasteiger partial charge < -0.3 is 4.57 Å². The average molecular weight is 407 g/mol.